The van der Waals surface area contributed by atoms with Crippen LogP contribution in [0, 0.1) is 0 Å². The summed E-state index contributed by atoms with van der Waals surface area (Å²) in [5, 5.41) is 0. The molecule has 0 bridgehead atoms. The van der Waals surface area contributed by atoms with E-state index in [2.05, 4.69) is 4.98 Å². The van der Waals surface area contributed by atoms with Crippen molar-refractivity contribution in [2.24, 2.45) is 0 Å². The Hall–Kier alpha value is -2.62. The van der Waals surface area contributed by atoms with E-state index in [0.717, 1.165) is 5.69 Å². The molecule has 0 aliphatic carbocycles. The minimum Gasteiger partial charge on any atom is -0.493 e. The fraction of sp³-hybridized carbons (Fsp3) is 0.125. The summed E-state index contributed by atoms with van der Waals surface area (Å²) in [4.78, 5) is 16.2. The van der Waals surface area contributed by atoms with Gasteiger partial charge >= 0.3 is 0 Å². The SMILES string of the molecule is COc1ccc(C(=O)/C=C/c2ccccn2)cc1OC. The van der Waals surface area contributed by atoms with Crippen molar-refractivity contribution in [2.45, 2.75) is 0 Å². The number of nitrogens with zero attached hydrogens (tertiary/aromatic N) is 1. The van der Waals surface area contributed by atoms with Crippen LogP contribution in [-0.2, 0) is 0 Å². The van der Waals surface area contributed by atoms with Crippen molar-refractivity contribution < 1.29 is 14.3 Å². The molecule has 0 aliphatic heterocycles. The number of ketones is 1. The minimum absolute atomic E-state index is 0.114. The summed E-state index contributed by atoms with van der Waals surface area (Å²) in [6, 6.07) is 10.6. The van der Waals surface area contributed by atoms with Crippen LogP contribution >= 0.6 is 0 Å². The van der Waals surface area contributed by atoms with Crippen LogP contribution in [0.4, 0.5) is 0 Å². The third-order valence-electron chi connectivity index (χ3n) is 2.76. The maximum atomic E-state index is 12.1. The topological polar surface area (TPSA) is 48.4 Å². The maximum Gasteiger partial charge on any atom is 0.186 e. The number of benzene rings is 1. The molecule has 0 aliphatic rings. The van der Waals surface area contributed by atoms with Crippen LogP contribution in [0.15, 0.2) is 48.7 Å². The molecule has 1 heterocycles. The Morgan fingerprint density at radius 3 is 2.55 bits per heavy atom. The molecular formula is C16H15NO3. The van der Waals surface area contributed by atoms with Crippen molar-refractivity contribution in [3.63, 3.8) is 0 Å². The van der Waals surface area contributed by atoms with Crippen molar-refractivity contribution in [3.05, 3.63) is 59.9 Å². The molecule has 0 unspecified atom stereocenters. The van der Waals surface area contributed by atoms with E-state index in [1.54, 1.807) is 37.6 Å². The fourth-order valence-electron chi connectivity index (χ4n) is 1.72. The van der Waals surface area contributed by atoms with E-state index >= 15 is 0 Å². The highest BCUT2D eigenvalue weighted by Crippen LogP contribution is 2.27. The van der Waals surface area contributed by atoms with E-state index in [1.165, 1.54) is 13.2 Å². The van der Waals surface area contributed by atoms with E-state index in [1.807, 2.05) is 18.2 Å². The lowest BCUT2D eigenvalue weighted by molar-refractivity contribution is 0.104. The van der Waals surface area contributed by atoms with Gasteiger partial charge in [0.1, 0.15) is 0 Å². The molecule has 4 nitrogen and oxygen atoms in total. The van der Waals surface area contributed by atoms with Gasteiger partial charge in [-0.3, -0.25) is 9.78 Å². The van der Waals surface area contributed by atoms with Crippen LogP contribution in [0.5, 0.6) is 11.5 Å². The van der Waals surface area contributed by atoms with E-state index in [9.17, 15) is 4.79 Å². The van der Waals surface area contributed by atoms with Crippen LogP contribution in [0.3, 0.4) is 0 Å². The zero-order chi connectivity index (χ0) is 14.4. The summed E-state index contributed by atoms with van der Waals surface area (Å²) in [5.74, 6) is 1.01. The Morgan fingerprint density at radius 2 is 1.90 bits per heavy atom. The van der Waals surface area contributed by atoms with Gasteiger partial charge in [-0.05, 0) is 42.5 Å². The number of allylic oxidation sites excluding steroid dienone is 1. The van der Waals surface area contributed by atoms with Crippen LogP contribution < -0.4 is 9.47 Å². The number of hydrogen-bond donors (Lipinski definition) is 0. The summed E-state index contributed by atoms with van der Waals surface area (Å²) >= 11 is 0. The molecule has 2 aromatic rings. The van der Waals surface area contributed by atoms with Crippen molar-refractivity contribution in [2.75, 3.05) is 14.2 Å². The van der Waals surface area contributed by atoms with E-state index < -0.39 is 0 Å². The number of hydrogen-bond acceptors (Lipinski definition) is 4. The summed E-state index contributed by atoms with van der Waals surface area (Å²) in [6.45, 7) is 0. The monoisotopic (exact) mass is 269 g/mol. The van der Waals surface area contributed by atoms with Gasteiger partial charge in [-0.2, -0.15) is 0 Å². The molecule has 1 aromatic carbocycles. The number of ether oxygens (including phenoxy) is 2. The normalized spacial score (nSPS) is 10.5. The first-order chi connectivity index (χ1) is 9.74. The zero-order valence-corrected chi connectivity index (χ0v) is 11.4. The Kier molecular flexibility index (Phi) is 4.50. The van der Waals surface area contributed by atoms with Crippen molar-refractivity contribution in [1.82, 2.24) is 4.98 Å². The van der Waals surface area contributed by atoms with E-state index in [-0.39, 0.29) is 5.78 Å². The van der Waals surface area contributed by atoms with Crippen LogP contribution in [-0.4, -0.2) is 25.0 Å². The van der Waals surface area contributed by atoms with Gasteiger partial charge in [0.2, 0.25) is 0 Å². The smallest absolute Gasteiger partial charge is 0.186 e. The second kappa shape index (κ2) is 6.52. The van der Waals surface area contributed by atoms with Gasteiger partial charge in [0.15, 0.2) is 17.3 Å². The molecule has 1 aromatic heterocycles. The van der Waals surface area contributed by atoms with Crippen LogP contribution in [0.2, 0.25) is 0 Å². The predicted molar refractivity (Wildman–Crippen MR) is 77.1 cm³/mol. The molecule has 102 valence electrons. The van der Waals surface area contributed by atoms with Crippen molar-refractivity contribution in [1.29, 1.82) is 0 Å². The molecule has 0 atom stereocenters. The number of pyridine rings is 1. The average molecular weight is 269 g/mol. The first kappa shape index (κ1) is 13.8. The van der Waals surface area contributed by atoms with Gasteiger partial charge in [-0.1, -0.05) is 6.07 Å². The number of carbonyl (C=O) groups is 1. The highest BCUT2D eigenvalue weighted by molar-refractivity contribution is 6.07. The highest BCUT2D eigenvalue weighted by atomic mass is 16.5. The maximum absolute atomic E-state index is 12.1. The zero-order valence-electron chi connectivity index (χ0n) is 11.4. The molecule has 0 saturated carbocycles. The van der Waals surface area contributed by atoms with Gasteiger partial charge in [-0.15, -0.1) is 0 Å². The van der Waals surface area contributed by atoms with Gasteiger partial charge in [0.25, 0.3) is 0 Å². The molecule has 0 amide bonds. The third kappa shape index (κ3) is 3.23. The molecule has 0 spiro atoms. The lowest BCUT2D eigenvalue weighted by Gasteiger charge is -2.07. The summed E-state index contributed by atoms with van der Waals surface area (Å²) in [5.41, 5.74) is 1.27. The second-order valence-electron chi connectivity index (χ2n) is 4.02. The average Bonchev–Trinajstić information content (AvgIpc) is 2.52. The summed E-state index contributed by atoms with van der Waals surface area (Å²) in [6.07, 6.45) is 4.85. The Labute approximate surface area is 117 Å². The lowest BCUT2D eigenvalue weighted by Crippen LogP contribution is -1.97. The third-order valence-corrected chi connectivity index (χ3v) is 2.76. The lowest BCUT2D eigenvalue weighted by atomic mass is 10.1. The quantitative estimate of drug-likeness (QED) is 0.618. The number of aromatic nitrogens is 1. The Bertz CT molecular complexity index is 621. The fourth-order valence-corrected chi connectivity index (χ4v) is 1.72. The molecule has 20 heavy (non-hydrogen) atoms. The van der Waals surface area contributed by atoms with E-state index in [4.69, 9.17) is 9.47 Å². The molecule has 0 saturated heterocycles. The van der Waals surface area contributed by atoms with Gasteiger partial charge < -0.3 is 9.47 Å². The summed E-state index contributed by atoms with van der Waals surface area (Å²) < 4.78 is 10.3. The predicted octanol–water partition coefficient (Wildman–Crippen LogP) is 2.99. The number of carbonyl (C=O) groups excluding carboxylic acids is 1. The van der Waals surface area contributed by atoms with Gasteiger partial charge in [0.05, 0.1) is 19.9 Å². The van der Waals surface area contributed by atoms with Crippen molar-refractivity contribution >= 4 is 11.9 Å². The summed E-state index contributed by atoms with van der Waals surface area (Å²) in [7, 11) is 3.09. The molecule has 0 fully saturated rings. The molecule has 2 rings (SSSR count). The van der Waals surface area contributed by atoms with E-state index in [0.29, 0.717) is 17.1 Å². The molecular weight excluding hydrogens is 254 g/mol. The van der Waals surface area contributed by atoms with Crippen LogP contribution in [0.1, 0.15) is 16.1 Å². The second-order valence-corrected chi connectivity index (χ2v) is 4.02. The molecule has 0 N–H and O–H groups in total. The largest absolute Gasteiger partial charge is 0.493 e. The Balaban J connectivity index is 2.19. The molecule has 0 radical (unpaired) electrons. The van der Waals surface area contributed by atoms with Crippen molar-refractivity contribution in [3.8, 4) is 11.5 Å². The first-order valence-corrected chi connectivity index (χ1v) is 6.10. The van der Waals surface area contributed by atoms with Crippen LogP contribution in [0.25, 0.3) is 6.08 Å². The standard InChI is InChI=1S/C16H15NO3/c1-19-15-9-6-12(11-16(15)20-2)14(18)8-7-13-5-3-4-10-17-13/h3-11H,1-2H3/b8-7+. The first-order valence-electron chi connectivity index (χ1n) is 6.10. The van der Waals surface area contributed by atoms with Gasteiger partial charge in [-0.25, -0.2) is 0 Å². The number of rotatable bonds is 5. The van der Waals surface area contributed by atoms with Gasteiger partial charge in [0, 0.05) is 11.8 Å². The Morgan fingerprint density at radius 1 is 1.10 bits per heavy atom. The number of methoxy groups -OCH3 is 2. The highest BCUT2D eigenvalue weighted by Gasteiger charge is 2.08. The molecule has 4 heteroatoms. The minimum atomic E-state index is -0.114.